The highest BCUT2D eigenvalue weighted by atomic mass is 16.6. The Labute approximate surface area is 134 Å². The van der Waals surface area contributed by atoms with E-state index in [2.05, 4.69) is 22.2 Å². The van der Waals surface area contributed by atoms with Crippen LogP contribution >= 0.6 is 0 Å². The average Bonchev–Trinajstić information content (AvgIpc) is 3.15. The van der Waals surface area contributed by atoms with Crippen molar-refractivity contribution in [3.8, 4) is 0 Å². The minimum Gasteiger partial charge on any atom is -0.372 e. The lowest BCUT2D eigenvalue weighted by molar-refractivity contribution is -0.386. The first-order chi connectivity index (χ1) is 11.1. The summed E-state index contributed by atoms with van der Waals surface area (Å²) in [6.45, 7) is 5.82. The molecule has 6 heteroatoms. The molecule has 2 heterocycles. The van der Waals surface area contributed by atoms with Crippen molar-refractivity contribution in [2.45, 2.75) is 26.7 Å². The average molecular weight is 313 g/mol. The fourth-order valence-electron chi connectivity index (χ4n) is 2.90. The van der Waals surface area contributed by atoms with Crippen LogP contribution in [0.3, 0.4) is 0 Å². The summed E-state index contributed by atoms with van der Waals surface area (Å²) in [5, 5.41) is 14.7. The molecular weight excluding hydrogens is 294 g/mol. The molecule has 3 rings (SSSR count). The number of hydrogen-bond donors (Lipinski definition) is 0. The van der Waals surface area contributed by atoms with Crippen molar-refractivity contribution in [3.05, 3.63) is 50.9 Å². The van der Waals surface area contributed by atoms with Gasteiger partial charge in [-0.25, -0.2) is 0 Å². The van der Waals surface area contributed by atoms with E-state index in [1.807, 2.05) is 19.1 Å². The molecule has 0 atom stereocenters. The van der Waals surface area contributed by atoms with Crippen molar-refractivity contribution < 1.29 is 9.45 Å². The number of nitro groups is 1. The van der Waals surface area contributed by atoms with Crippen molar-refractivity contribution in [3.63, 3.8) is 0 Å². The van der Waals surface area contributed by atoms with Gasteiger partial charge in [0, 0.05) is 18.8 Å². The van der Waals surface area contributed by atoms with E-state index in [9.17, 15) is 10.1 Å². The molecule has 0 amide bonds. The zero-order valence-corrected chi connectivity index (χ0v) is 13.3. The van der Waals surface area contributed by atoms with E-state index in [1.54, 1.807) is 13.0 Å². The van der Waals surface area contributed by atoms with Gasteiger partial charge in [0.2, 0.25) is 5.76 Å². The maximum atomic E-state index is 11.0. The summed E-state index contributed by atoms with van der Waals surface area (Å²) < 4.78 is 5.04. The quantitative estimate of drug-likeness (QED) is 0.631. The zero-order chi connectivity index (χ0) is 16.4. The number of aromatic nitrogens is 1. The van der Waals surface area contributed by atoms with Gasteiger partial charge < -0.3 is 9.42 Å². The summed E-state index contributed by atoms with van der Waals surface area (Å²) in [6.07, 6.45) is 5.93. The smallest absolute Gasteiger partial charge is 0.338 e. The van der Waals surface area contributed by atoms with E-state index >= 15 is 0 Å². The third kappa shape index (κ3) is 3.11. The number of benzene rings is 1. The Kier molecular flexibility index (Phi) is 4.14. The second-order valence-corrected chi connectivity index (χ2v) is 5.81. The first-order valence-corrected chi connectivity index (χ1v) is 7.70. The van der Waals surface area contributed by atoms with E-state index in [1.165, 1.54) is 18.5 Å². The molecule has 1 aliphatic rings. The molecule has 0 radical (unpaired) electrons. The van der Waals surface area contributed by atoms with Crippen LogP contribution in [-0.4, -0.2) is 23.2 Å². The molecule has 1 fully saturated rings. The van der Waals surface area contributed by atoms with E-state index in [0.717, 1.165) is 24.2 Å². The second kappa shape index (κ2) is 6.24. The van der Waals surface area contributed by atoms with Gasteiger partial charge in [-0.05, 0) is 56.0 Å². The second-order valence-electron chi connectivity index (χ2n) is 5.81. The number of rotatable bonds is 4. The van der Waals surface area contributed by atoms with Gasteiger partial charge in [0.05, 0.1) is 4.92 Å². The Morgan fingerprint density at radius 2 is 2.00 bits per heavy atom. The fraction of sp³-hybridized carbons (Fsp3) is 0.353. The van der Waals surface area contributed by atoms with E-state index < -0.39 is 4.92 Å². The number of aryl methyl sites for hydroxylation is 2. The molecule has 2 aromatic rings. The summed E-state index contributed by atoms with van der Waals surface area (Å²) in [5.41, 5.74) is 3.59. The van der Waals surface area contributed by atoms with Gasteiger partial charge in [-0.3, -0.25) is 10.1 Å². The lowest BCUT2D eigenvalue weighted by Gasteiger charge is -2.18. The third-order valence-electron chi connectivity index (χ3n) is 4.18. The van der Waals surface area contributed by atoms with Gasteiger partial charge in [0.1, 0.15) is 0 Å². The van der Waals surface area contributed by atoms with Crippen LogP contribution < -0.4 is 4.90 Å². The van der Waals surface area contributed by atoms with Crippen LogP contribution in [0.25, 0.3) is 12.2 Å². The predicted molar refractivity (Wildman–Crippen MR) is 89.4 cm³/mol. The van der Waals surface area contributed by atoms with E-state index in [4.69, 9.17) is 4.52 Å². The molecule has 0 unspecified atom stereocenters. The minimum absolute atomic E-state index is 0.0763. The van der Waals surface area contributed by atoms with Crippen molar-refractivity contribution in [2.75, 3.05) is 18.0 Å². The van der Waals surface area contributed by atoms with E-state index in [0.29, 0.717) is 0 Å². The highest BCUT2D eigenvalue weighted by Crippen LogP contribution is 2.27. The number of nitrogens with zero attached hydrogens (tertiary/aromatic N) is 3. The summed E-state index contributed by atoms with van der Waals surface area (Å²) in [7, 11) is 0. The molecule has 0 aliphatic carbocycles. The molecule has 1 aliphatic heterocycles. The number of anilines is 1. The van der Waals surface area contributed by atoms with Gasteiger partial charge in [-0.15, -0.1) is 0 Å². The lowest BCUT2D eigenvalue weighted by atomic mass is 10.1. The minimum atomic E-state index is -0.463. The van der Waals surface area contributed by atoms with Gasteiger partial charge in [0.25, 0.3) is 0 Å². The Hall–Kier alpha value is -2.63. The van der Waals surface area contributed by atoms with Gasteiger partial charge in [-0.1, -0.05) is 17.3 Å². The maximum absolute atomic E-state index is 11.0. The molecule has 0 spiro atoms. The van der Waals surface area contributed by atoms with Gasteiger partial charge >= 0.3 is 5.69 Å². The van der Waals surface area contributed by atoms with Crippen LogP contribution in [0.15, 0.2) is 22.7 Å². The molecule has 120 valence electrons. The van der Waals surface area contributed by atoms with Crippen LogP contribution in [0.1, 0.15) is 35.4 Å². The first-order valence-electron chi connectivity index (χ1n) is 7.70. The lowest BCUT2D eigenvalue weighted by Crippen LogP contribution is -2.17. The van der Waals surface area contributed by atoms with Gasteiger partial charge in [-0.2, -0.15) is 0 Å². The molecular formula is C17H19N3O3. The largest absolute Gasteiger partial charge is 0.372 e. The van der Waals surface area contributed by atoms with Crippen molar-refractivity contribution in [1.82, 2.24) is 5.16 Å². The summed E-state index contributed by atoms with van der Waals surface area (Å²) in [6, 6.07) is 6.29. The van der Waals surface area contributed by atoms with Crippen LogP contribution in [0.2, 0.25) is 0 Å². The fourth-order valence-corrected chi connectivity index (χ4v) is 2.90. The summed E-state index contributed by atoms with van der Waals surface area (Å²) in [4.78, 5) is 13.0. The molecule has 6 nitrogen and oxygen atoms in total. The van der Waals surface area contributed by atoms with Crippen LogP contribution in [0.5, 0.6) is 0 Å². The number of hydrogen-bond acceptors (Lipinski definition) is 5. The summed E-state index contributed by atoms with van der Waals surface area (Å²) in [5.74, 6) is 0.176. The molecule has 1 aromatic carbocycles. The van der Waals surface area contributed by atoms with E-state index in [-0.39, 0.29) is 17.1 Å². The van der Waals surface area contributed by atoms with Crippen molar-refractivity contribution >= 4 is 23.5 Å². The highest BCUT2D eigenvalue weighted by Gasteiger charge is 2.22. The third-order valence-corrected chi connectivity index (χ3v) is 4.18. The van der Waals surface area contributed by atoms with Crippen molar-refractivity contribution in [1.29, 1.82) is 0 Å². The first kappa shape index (κ1) is 15.3. The normalized spacial score (nSPS) is 14.8. The summed E-state index contributed by atoms with van der Waals surface area (Å²) >= 11 is 0. The molecule has 1 aromatic heterocycles. The topological polar surface area (TPSA) is 72.4 Å². The van der Waals surface area contributed by atoms with Crippen LogP contribution in [0.4, 0.5) is 11.4 Å². The monoisotopic (exact) mass is 313 g/mol. The van der Waals surface area contributed by atoms with Crippen molar-refractivity contribution in [2.24, 2.45) is 0 Å². The molecule has 0 N–H and O–H groups in total. The SMILES string of the molecule is Cc1cc(N2CCCC2)ccc1/C=C/c1onc(C)c1[N+](=O)[O-]. The Morgan fingerprint density at radius 3 is 2.65 bits per heavy atom. The molecule has 23 heavy (non-hydrogen) atoms. The van der Waals surface area contributed by atoms with Gasteiger partial charge in [0.15, 0.2) is 5.69 Å². The Balaban J connectivity index is 1.84. The standard InChI is InChI=1S/C17H19N3O3/c1-12-11-15(19-9-3-4-10-19)7-5-14(12)6-8-16-17(20(21)22)13(2)18-23-16/h5-8,11H,3-4,9-10H2,1-2H3/b8-6+. The van der Waals surface area contributed by atoms with Crippen LogP contribution in [-0.2, 0) is 0 Å². The predicted octanol–water partition coefficient (Wildman–Crippen LogP) is 3.97. The van der Waals surface area contributed by atoms with Crippen LogP contribution in [0, 0.1) is 24.0 Å². The maximum Gasteiger partial charge on any atom is 0.338 e. The molecule has 0 bridgehead atoms. The molecule has 0 saturated carbocycles. The molecule has 1 saturated heterocycles. The Bertz CT molecular complexity index is 758. The zero-order valence-electron chi connectivity index (χ0n) is 13.3. The Morgan fingerprint density at radius 1 is 1.26 bits per heavy atom. The highest BCUT2D eigenvalue weighted by molar-refractivity contribution is 5.74.